The zero-order chi connectivity index (χ0) is 18.8. The Kier molecular flexibility index (Phi) is 7.55. The molecule has 5 nitrogen and oxygen atoms in total. The lowest BCUT2D eigenvalue weighted by molar-refractivity contribution is -0.116. The molecule has 0 aliphatic rings. The molecule has 2 rings (SSSR count). The highest BCUT2D eigenvalue weighted by Crippen LogP contribution is 2.12. The van der Waals surface area contributed by atoms with Crippen LogP contribution in [0.1, 0.15) is 53.3 Å². The van der Waals surface area contributed by atoms with Crippen molar-refractivity contribution in [2.45, 2.75) is 32.6 Å². The van der Waals surface area contributed by atoms with Gasteiger partial charge in [-0.3, -0.25) is 9.59 Å². The van der Waals surface area contributed by atoms with Crippen LogP contribution in [-0.2, 0) is 9.53 Å². The summed E-state index contributed by atoms with van der Waals surface area (Å²) in [5.74, 6) is -0.678. The van der Waals surface area contributed by atoms with Crippen molar-refractivity contribution in [1.29, 1.82) is 0 Å². The fourth-order valence-corrected chi connectivity index (χ4v) is 2.30. The summed E-state index contributed by atoms with van der Waals surface area (Å²) in [7, 11) is 0. The van der Waals surface area contributed by atoms with E-state index in [1.165, 1.54) is 0 Å². The highest BCUT2D eigenvalue weighted by atomic mass is 16.5. The predicted molar refractivity (Wildman–Crippen MR) is 100 cm³/mol. The number of amides is 1. The fraction of sp³-hybridized carbons (Fsp3) is 0.286. The molecule has 2 aromatic rings. The van der Waals surface area contributed by atoms with Crippen LogP contribution < -0.4 is 5.32 Å². The van der Waals surface area contributed by atoms with E-state index in [0.29, 0.717) is 23.4 Å². The van der Waals surface area contributed by atoms with Gasteiger partial charge in [-0.2, -0.15) is 0 Å². The molecule has 0 atom stereocenters. The number of Topliss-reactive ketones (excluding diaryl/α,β-unsaturated/α-hetero) is 1. The number of rotatable bonds is 9. The highest BCUT2D eigenvalue weighted by molar-refractivity contribution is 6.00. The number of ether oxygens (including phenoxy) is 1. The lowest BCUT2D eigenvalue weighted by Gasteiger charge is -2.07. The Hall–Kier alpha value is -2.95. The Labute approximate surface area is 153 Å². The van der Waals surface area contributed by atoms with Crippen LogP contribution >= 0.6 is 0 Å². The molecule has 0 saturated heterocycles. The summed E-state index contributed by atoms with van der Waals surface area (Å²) >= 11 is 0. The van der Waals surface area contributed by atoms with E-state index in [4.69, 9.17) is 4.74 Å². The molecule has 0 spiro atoms. The number of ketones is 1. The first-order valence-electron chi connectivity index (χ1n) is 8.75. The first-order chi connectivity index (χ1) is 12.6. The van der Waals surface area contributed by atoms with Crippen LogP contribution in [-0.4, -0.2) is 24.3 Å². The molecular weight excluding hydrogens is 330 g/mol. The summed E-state index contributed by atoms with van der Waals surface area (Å²) in [6.45, 7) is 2.43. The molecule has 0 aromatic heterocycles. The summed E-state index contributed by atoms with van der Waals surface area (Å²) in [5.41, 5.74) is 1.62. The molecule has 0 bridgehead atoms. The van der Waals surface area contributed by atoms with E-state index in [2.05, 4.69) is 5.32 Å². The molecule has 0 heterocycles. The third kappa shape index (κ3) is 6.16. The van der Waals surface area contributed by atoms with Crippen LogP contribution in [0.15, 0.2) is 54.6 Å². The monoisotopic (exact) mass is 353 g/mol. The number of anilines is 1. The molecule has 5 heteroatoms. The molecule has 26 heavy (non-hydrogen) atoms. The molecule has 0 aliphatic heterocycles. The van der Waals surface area contributed by atoms with Crippen LogP contribution in [0.25, 0.3) is 0 Å². The summed E-state index contributed by atoms with van der Waals surface area (Å²) in [4.78, 5) is 35.8. The average Bonchev–Trinajstić information content (AvgIpc) is 2.67. The van der Waals surface area contributed by atoms with E-state index in [1.54, 1.807) is 48.5 Å². The van der Waals surface area contributed by atoms with Crippen LogP contribution in [0, 0.1) is 0 Å². The zero-order valence-corrected chi connectivity index (χ0v) is 14.9. The number of nitrogens with one attached hydrogen (secondary N) is 1. The van der Waals surface area contributed by atoms with Crippen molar-refractivity contribution in [2.75, 3.05) is 11.9 Å². The normalized spacial score (nSPS) is 10.2. The van der Waals surface area contributed by atoms with E-state index < -0.39 is 0 Å². The third-order valence-corrected chi connectivity index (χ3v) is 3.81. The number of hydrogen-bond donors (Lipinski definition) is 1. The van der Waals surface area contributed by atoms with Crippen molar-refractivity contribution in [3.05, 3.63) is 65.7 Å². The predicted octanol–water partition coefficient (Wildman–Crippen LogP) is 4.25. The van der Waals surface area contributed by atoms with E-state index in [-0.39, 0.29) is 30.5 Å². The molecule has 2 aromatic carbocycles. The van der Waals surface area contributed by atoms with Crippen LogP contribution in [0.3, 0.4) is 0 Å². The van der Waals surface area contributed by atoms with Gasteiger partial charge >= 0.3 is 5.97 Å². The summed E-state index contributed by atoms with van der Waals surface area (Å²) in [6.07, 6.45) is 2.05. The van der Waals surface area contributed by atoms with Gasteiger partial charge in [0.2, 0.25) is 5.91 Å². The number of esters is 1. The first-order valence-corrected chi connectivity index (χ1v) is 8.75. The molecule has 1 N–H and O–H groups in total. The van der Waals surface area contributed by atoms with Crippen molar-refractivity contribution in [3.63, 3.8) is 0 Å². The lowest BCUT2D eigenvalue weighted by atomic mass is 10.1. The summed E-state index contributed by atoms with van der Waals surface area (Å²) < 4.78 is 5.13. The summed E-state index contributed by atoms with van der Waals surface area (Å²) in [6, 6.07) is 15.4. The molecule has 1 amide bonds. The van der Waals surface area contributed by atoms with Gasteiger partial charge in [-0.1, -0.05) is 43.7 Å². The van der Waals surface area contributed by atoms with E-state index in [9.17, 15) is 14.4 Å². The Morgan fingerprint density at radius 1 is 0.885 bits per heavy atom. The van der Waals surface area contributed by atoms with Crippen LogP contribution in [0.2, 0.25) is 0 Å². The minimum absolute atomic E-state index is 0.0640. The number of benzene rings is 2. The van der Waals surface area contributed by atoms with Gasteiger partial charge in [-0.15, -0.1) is 0 Å². The molecule has 0 fully saturated rings. The minimum Gasteiger partial charge on any atom is -0.462 e. The second kappa shape index (κ2) is 10.1. The Bertz CT molecular complexity index is 738. The third-order valence-electron chi connectivity index (χ3n) is 3.81. The largest absolute Gasteiger partial charge is 0.462 e. The van der Waals surface area contributed by atoms with Gasteiger partial charge in [0.1, 0.15) is 0 Å². The molecule has 136 valence electrons. The van der Waals surface area contributed by atoms with E-state index in [1.807, 2.05) is 13.0 Å². The van der Waals surface area contributed by atoms with Crippen molar-refractivity contribution in [2.24, 2.45) is 0 Å². The Morgan fingerprint density at radius 3 is 2.23 bits per heavy atom. The van der Waals surface area contributed by atoms with Gasteiger partial charge in [-0.05, 0) is 30.7 Å². The van der Waals surface area contributed by atoms with Gasteiger partial charge in [0.15, 0.2) is 5.78 Å². The minimum atomic E-state index is -0.371. The fourth-order valence-electron chi connectivity index (χ4n) is 2.30. The smallest absolute Gasteiger partial charge is 0.338 e. The lowest BCUT2D eigenvalue weighted by Crippen LogP contribution is -2.13. The SMILES string of the molecule is CCCCOC(=O)c1ccc(NC(=O)CCC(=O)c2ccccc2)cc1. The average molecular weight is 353 g/mol. The topological polar surface area (TPSA) is 72.5 Å². The number of hydrogen-bond acceptors (Lipinski definition) is 4. The maximum atomic E-state index is 12.0. The molecular formula is C21H23NO4. The van der Waals surface area contributed by atoms with E-state index >= 15 is 0 Å². The number of carbonyl (C=O) groups is 3. The second-order valence-corrected chi connectivity index (χ2v) is 5.90. The van der Waals surface area contributed by atoms with Crippen LogP contribution in [0.4, 0.5) is 5.69 Å². The quantitative estimate of drug-likeness (QED) is 0.416. The van der Waals surface area contributed by atoms with E-state index in [0.717, 1.165) is 12.8 Å². The molecule has 0 saturated carbocycles. The van der Waals surface area contributed by atoms with Crippen molar-refractivity contribution >= 4 is 23.3 Å². The number of carbonyl (C=O) groups excluding carboxylic acids is 3. The van der Waals surface area contributed by atoms with Gasteiger partial charge in [0.25, 0.3) is 0 Å². The number of unbranched alkanes of at least 4 members (excludes halogenated alkanes) is 1. The maximum absolute atomic E-state index is 12.0. The van der Waals surface area contributed by atoms with Crippen molar-refractivity contribution < 1.29 is 19.1 Å². The van der Waals surface area contributed by atoms with Crippen molar-refractivity contribution in [1.82, 2.24) is 0 Å². The zero-order valence-electron chi connectivity index (χ0n) is 14.9. The van der Waals surface area contributed by atoms with Gasteiger partial charge in [0.05, 0.1) is 12.2 Å². The maximum Gasteiger partial charge on any atom is 0.338 e. The van der Waals surface area contributed by atoms with Gasteiger partial charge in [0, 0.05) is 24.1 Å². The highest BCUT2D eigenvalue weighted by Gasteiger charge is 2.10. The molecule has 0 aliphatic carbocycles. The first kappa shape index (κ1) is 19.4. The van der Waals surface area contributed by atoms with Crippen LogP contribution in [0.5, 0.6) is 0 Å². The Morgan fingerprint density at radius 2 is 1.58 bits per heavy atom. The Balaban J connectivity index is 1.80. The molecule has 0 unspecified atom stereocenters. The van der Waals surface area contributed by atoms with Crippen molar-refractivity contribution in [3.8, 4) is 0 Å². The molecule has 0 radical (unpaired) electrons. The van der Waals surface area contributed by atoms with Gasteiger partial charge in [-0.25, -0.2) is 4.79 Å². The summed E-state index contributed by atoms with van der Waals surface area (Å²) in [5, 5.41) is 2.72. The standard InChI is InChI=1S/C21H23NO4/c1-2-3-15-26-21(25)17-9-11-18(12-10-17)22-20(24)14-13-19(23)16-7-5-4-6-8-16/h4-12H,2-3,13-15H2,1H3,(H,22,24). The van der Waals surface area contributed by atoms with Gasteiger partial charge < -0.3 is 10.1 Å². The second-order valence-electron chi connectivity index (χ2n) is 5.90.